The summed E-state index contributed by atoms with van der Waals surface area (Å²) in [5, 5.41) is 20.5. The predicted molar refractivity (Wildman–Crippen MR) is 180 cm³/mol. The third-order valence-electron chi connectivity index (χ3n) is 7.92. The van der Waals surface area contributed by atoms with Crippen molar-refractivity contribution in [1.82, 2.24) is 0 Å². The smallest absolute Gasteiger partial charge is 0.336 e. The number of carbonyl (C=O) groups is 2. The highest BCUT2D eigenvalue weighted by Crippen LogP contribution is 2.48. The number of anilines is 1. The molecule has 7 heteroatoms. The first-order valence-electron chi connectivity index (χ1n) is 13.4. The molecule has 6 aromatic rings. The van der Waals surface area contributed by atoms with Gasteiger partial charge in [-0.05, 0) is 62.7 Å². The summed E-state index contributed by atoms with van der Waals surface area (Å²) >= 11 is 11.3. The zero-order chi connectivity index (χ0) is 29.3. The lowest BCUT2D eigenvalue weighted by molar-refractivity contribution is 0.0699. The maximum Gasteiger partial charge on any atom is 0.336 e. The molecule has 1 amide bonds. The zero-order valence-electron chi connectivity index (χ0n) is 22.8. The molecular weight excluding hydrogens is 710 g/mol. The van der Waals surface area contributed by atoms with Crippen LogP contribution in [-0.4, -0.2) is 17.0 Å². The van der Waals surface area contributed by atoms with E-state index in [4.69, 9.17) is 0 Å². The SMILES string of the molecule is CC(C)c1cccc(C(C)C)c1NC(=O)c1cc(Br)c2c3cccc4c(Br)cc(Br)c(c5ccc(C(=O)O)c1c52)c43. The summed E-state index contributed by atoms with van der Waals surface area (Å²) in [7, 11) is 0. The van der Waals surface area contributed by atoms with Crippen molar-refractivity contribution in [1.29, 1.82) is 0 Å². The normalized spacial score (nSPS) is 12.0. The molecule has 0 aromatic heterocycles. The Morgan fingerprint density at radius 1 is 0.634 bits per heavy atom. The van der Waals surface area contributed by atoms with Gasteiger partial charge in [-0.3, -0.25) is 4.79 Å². The lowest BCUT2D eigenvalue weighted by Crippen LogP contribution is -2.17. The molecule has 6 rings (SSSR count). The average molecular weight is 736 g/mol. The van der Waals surface area contributed by atoms with Crippen LogP contribution in [0.2, 0.25) is 0 Å². The van der Waals surface area contributed by atoms with E-state index in [-0.39, 0.29) is 23.3 Å². The van der Waals surface area contributed by atoms with Crippen molar-refractivity contribution in [3.8, 4) is 0 Å². The molecule has 0 saturated heterocycles. The number of hydrogen-bond acceptors (Lipinski definition) is 2. The monoisotopic (exact) mass is 733 g/mol. The molecule has 0 spiro atoms. The standard InChI is InChI=1S/C34H26Br3NO3/c1-15(2)17-7-5-8-18(16(3)4)32(17)38-33(39)23-13-25(36)30-20-10-6-9-19-24(35)14-26(37)29(27(19)20)21-11-12-22(34(40)41)28(23)31(21)30/h5-16H,1-4H3,(H,38,39)(H,40,41). The van der Waals surface area contributed by atoms with Crippen LogP contribution < -0.4 is 5.32 Å². The largest absolute Gasteiger partial charge is 0.478 e. The topological polar surface area (TPSA) is 66.4 Å². The number of halogens is 3. The summed E-state index contributed by atoms with van der Waals surface area (Å²) in [6.45, 7) is 8.41. The second-order valence-corrected chi connectivity index (χ2v) is 13.6. The van der Waals surface area contributed by atoms with Gasteiger partial charge in [0.15, 0.2) is 0 Å². The lowest BCUT2D eigenvalue weighted by Gasteiger charge is -2.22. The Morgan fingerprint density at radius 2 is 1.20 bits per heavy atom. The molecule has 0 aliphatic carbocycles. The van der Waals surface area contributed by atoms with Gasteiger partial charge < -0.3 is 10.4 Å². The molecule has 6 aromatic carbocycles. The molecule has 0 atom stereocenters. The number of benzene rings is 6. The lowest BCUT2D eigenvalue weighted by atomic mass is 9.86. The van der Waals surface area contributed by atoms with Crippen LogP contribution in [0.1, 0.15) is 71.4 Å². The highest BCUT2D eigenvalue weighted by molar-refractivity contribution is 9.11. The molecule has 2 N–H and O–H groups in total. The molecule has 0 heterocycles. The van der Waals surface area contributed by atoms with Crippen molar-refractivity contribution in [2.24, 2.45) is 0 Å². The van der Waals surface area contributed by atoms with Gasteiger partial charge >= 0.3 is 5.97 Å². The number of carboxylic acids is 1. The van der Waals surface area contributed by atoms with E-state index in [1.54, 1.807) is 12.1 Å². The van der Waals surface area contributed by atoms with Crippen molar-refractivity contribution < 1.29 is 14.7 Å². The fraction of sp³-hybridized carbons (Fsp3) is 0.176. The highest BCUT2D eigenvalue weighted by atomic mass is 79.9. The Kier molecular flexibility index (Phi) is 7.12. The second kappa shape index (κ2) is 10.4. The van der Waals surface area contributed by atoms with Crippen molar-refractivity contribution in [3.63, 3.8) is 0 Å². The number of carbonyl (C=O) groups excluding carboxylic acids is 1. The van der Waals surface area contributed by atoms with Crippen LogP contribution in [0, 0.1) is 0 Å². The first kappa shape index (κ1) is 28.1. The summed E-state index contributed by atoms with van der Waals surface area (Å²) in [5.74, 6) is -1.04. The van der Waals surface area contributed by atoms with E-state index in [0.717, 1.165) is 67.9 Å². The van der Waals surface area contributed by atoms with Gasteiger partial charge in [0.1, 0.15) is 0 Å². The molecule has 206 valence electrons. The number of hydrogen-bond donors (Lipinski definition) is 2. The maximum atomic E-state index is 14.2. The minimum Gasteiger partial charge on any atom is -0.478 e. The number of para-hydroxylation sites is 1. The molecule has 0 fully saturated rings. The van der Waals surface area contributed by atoms with E-state index in [1.807, 2.05) is 42.5 Å². The van der Waals surface area contributed by atoms with Crippen molar-refractivity contribution in [3.05, 3.63) is 96.3 Å². The molecule has 0 bridgehead atoms. The third-order valence-corrected chi connectivity index (χ3v) is 9.83. The van der Waals surface area contributed by atoms with Crippen LogP contribution in [0.25, 0.3) is 43.1 Å². The van der Waals surface area contributed by atoms with E-state index in [1.165, 1.54) is 0 Å². The molecule has 0 saturated carbocycles. The maximum absolute atomic E-state index is 14.2. The summed E-state index contributed by atoms with van der Waals surface area (Å²) in [6.07, 6.45) is 0. The van der Waals surface area contributed by atoms with Gasteiger partial charge in [0.2, 0.25) is 0 Å². The summed E-state index contributed by atoms with van der Waals surface area (Å²) in [6, 6.07) is 19.5. The summed E-state index contributed by atoms with van der Waals surface area (Å²) < 4.78 is 2.58. The van der Waals surface area contributed by atoms with E-state index in [9.17, 15) is 14.7 Å². The molecule has 0 radical (unpaired) electrons. The van der Waals surface area contributed by atoms with Gasteiger partial charge in [-0.1, -0.05) is 118 Å². The van der Waals surface area contributed by atoms with Crippen molar-refractivity contribution >= 4 is 108 Å². The van der Waals surface area contributed by atoms with Crippen LogP contribution in [-0.2, 0) is 0 Å². The minimum atomic E-state index is -1.08. The molecular formula is C34H26Br3NO3. The van der Waals surface area contributed by atoms with Gasteiger partial charge in [-0.2, -0.15) is 0 Å². The van der Waals surface area contributed by atoms with E-state index < -0.39 is 5.97 Å². The summed E-state index contributed by atoms with van der Waals surface area (Å²) in [4.78, 5) is 26.9. The van der Waals surface area contributed by atoms with E-state index in [0.29, 0.717) is 10.9 Å². The van der Waals surface area contributed by atoms with Gasteiger partial charge in [-0.25, -0.2) is 4.79 Å². The highest BCUT2D eigenvalue weighted by Gasteiger charge is 2.26. The zero-order valence-corrected chi connectivity index (χ0v) is 27.6. The fourth-order valence-electron chi connectivity index (χ4n) is 6.11. The van der Waals surface area contributed by atoms with Crippen LogP contribution in [0.5, 0.6) is 0 Å². The molecule has 0 aliphatic heterocycles. The van der Waals surface area contributed by atoms with Crippen LogP contribution >= 0.6 is 47.8 Å². The second-order valence-electron chi connectivity index (χ2n) is 11.0. The quantitative estimate of drug-likeness (QED) is 0.137. The predicted octanol–water partition coefficient (Wildman–Crippen LogP) is 11.2. The number of rotatable bonds is 5. The fourth-order valence-corrected chi connectivity index (χ4v) is 8.26. The molecule has 4 nitrogen and oxygen atoms in total. The molecule has 41 heavy (non-hydrogen) atoms. The van der Waals surface area contributed by atoms with E-state index >= 15 is 0 Å². The Hall–Kier alpha value is -3.00. The average Bonchev–Trinajstić information content (AvgIpc) is 2.92. The Balaban J connectivity index is 1.74. The summed E-state index contributed by atoms with van der Waals surface area (Å²) in [5.41, 5.74) is 3.28. The molecule has 0 aliphatic rings. The van der Waals surface area contributed by atoms with Gasteiger partial charge in [-0.15, -0.1) is 0 Å². The number of carboxylic acid groups (broad SMARTS) is 1. The number of nitrogens with one attached hydrogen (secondary N) is 1. The Bertz CT molecular complexity index is 2040. The minimum absolute atomic E-state index is 0.0905. The van der Waals surface area contributed by atoms with Crippen LogP contribution in [0.15, 0.2) is 74.1 Å². The van der Waals surface area contributed by atoms with Crippen LogP contribution in [0.3, 0.4) is 0 Å². The number of fused-ring (bicyclic) bond motifs is 2. The number of aromatic carboxylic acids is 1. The first-order chi connectivity index (χ1) is 19.5. The number of amides is 1. The van der Waals surface area contributed by atoms with Crippen LogP contribution in [0.4, 0.5) is 5.69 Å². The van der Waals surface area contributed by atoms with E-state index in [2.05, 4.69) is 86.9 Å². The third kappa shape index (κ3) is 4.36. The van der Waals surface area contributed by atoms with Crippen molar-refractivity contribution in [2.75, 3.05) is 5.32 Å². The molecule has 0 unspecified atom stereocenters. The Morgan fingerprint density at radius 3 is 1.83 bits per heavy atom. The van der Waals surface area contributed by atoms with Gasteiger partial charge in [0.25, 0.3) is 5.91 Å². The van der Waals surface area contributed by atoms with Gasteiger partial charge in [0, 0.05) is 46.2 Å². The Labute approximate surface area is 262 Å². The van der Waals surface area contributed by atoms with Gasteiger partial charge in [0.05, 0.1) is 5.56 Å². The first-order valence-corrected chi connectivity index (χ1v) is 15.8. The van der Waals surface area contributed by atoms with Crippen molar-refractivity contribution in [2.45, 2.75) is 39.5 Å².